The third kappa shape index (κ3) is 4.20. The average Bonchev–Trinajstić information content (AvgIpc) is 2.88. The Bertz CT molecular complexity index is 729. The molecule has 7 heteroatoms. The number of amides is 1. The monoisotopic (exact) mass is 368 g/mol. The third-order valence-electron chi connectivity index (χ3n) is 5.62. The largest absolute Gasteiger partial charge is 0.354 e. The minimum Gasteiger partial charge on any atom is -0.354 e. The molecule has 1 heterocycles. The van der Waals surface area contributed by atoms with Crippen molar-refractivity contribution in [2.75, 3.05) is 31.6 Å². The lowest BCUT2D eigenvalue weighted by Gasteiger charge is -2.42. The van der Waals surface area contributed by atoms with E-state index in [1.807, 2.05) is 4.90 Å². The molecule has 1 aromatic carbocycles. The van der Waals surface area contributed by atoms with E-state index < -0.39 is 9.84 Å². The Morgan fingerprint density at radius 3 is 2.52 bits per heavy atom. The third-order valence-corrected chi connectivity index (χ3v) is 7.37. The molecule has 0 spiro atoms. The van der Waals surface area contributed by atoms with E-state index in [1.54, 1.807) is 19.2 Å². The highest BCUT2D eigenvalue weighted by Crippen LogP contribution is 2.43. The summed E-state index contributed by atoms with van der Waals surface area (Å²) in [5.41, 5.74) is 0.967. The van der Waals surface area contributed by atoms with E-state index in [4.69, 9.17) is 0 Å². The van der Waals surface area contributed by atoms with E-state index in [0.29, 0.717) is 13.0 Å². The first kappa shape index (κ1) is 18.3. The number of hydrogen-bond acceptors (Lipinski definition) is 4. The summed E-state index contributed by atoms with van der Waals surface area (Å²) in [4.78, 5) is 14.1. The van der Waals surface area contributed by atoms with E-state index in [1.165, 1.54) is 12.1 Å². The average molecular weight is 368 g/mol. The van der Waals surface area contributed by atoms with Gasteiger partial charge in [0.25, 0.3) is 0 Å². The zero-order valence-electron chi connectivity index (χ0n) is 14.5. The molecule has 1 aliphatic heterocycles. The summed E-state index contributed by atoms with van der Waals surface area (Å²) in [6.45, 7) is 0.730. The van der Waals surface area contributed by atoms with Crippen LogP contribution < -0.4 is 5.32 Å². The highest BCUT2D eigenvalue weighted by atomic mass is 32.2. The van der Waals surface area contributed by atoms with Gasteiger partial charge in [0.15, 0.2) is 9.84 Å². The molecule has 5 nitrogen and oxygen atoms in total. The first-order valence-corrected chi connectivity index (χ1v) is 10.6. The molecule has 25 heavy (non-hydrogen) atoms. The Kier molecular flexibility index (Phi) is 5.16. The minimum absolute atomic E-state index is 0.0782. The maximum absolute atomic E-state index is 13.1. The molecule has 2 fully saturated rings. The van der Waals surface area contributed by atoms with Crippen molar-refractivity contribution >= 4 is 15.7 Å². The van der Waals surface area contributed by atoms with Crippen LogP contribution in [0.4, 0.5) is 4.39 Å². The Morgan fingerprint density at radius 1 is 1.32 bits per heavy atom. The van der Waals surface area contributed by atoms with E-state index in [2.05, 4.69) is 5.32 Å². The molecule has 1 aliphatic carbocycles. The van der Waals surface area contributed by atoms with Gasteiger partial charge in [0.05, 0.1) is 18.1 Å². The molecule has 2 aliphatic rings. The van der Waals surface area contributed by atoms with Crippen LogP contribution >= 0.6 is 0 Å². The Hall–Kier alpha value is -1.47. The van der Waals surface area contributed by atoms with E-state index in [-0.39, 0.29) is 41.2 Å². The number of carbonyl (C=O) groups is 1. The molecule has 3 rings (SSSR count). The second kappa shape index (κ2) is 7.03. The molecule has 138 valence electrons. The fraction of sp³-hybridized carbons (Fsp3) is 0.611. The van der Waals surface area contributed by atoms with Gasteiger partial charge in [-0.2, -0.15) is 0 Å². The van der Waals surface area contributed by atoms with Crippen molar-refractivity contribution in [2.45, 2.75) is 37.1 Å². The van der Waals surface area contributed by atoms with Gasteiger partial charge in [0.1, 0.15) is 5.82 Å². The number of sulfone groups is 1. The number of nitrogens with one attached hydrogen (secondary N) is 1. The molecule has 1 saturated carbocycles. The molecule has 0 aromatic heterocycles. The summed E-state index contributed by atoms with van der Waals surface area (Å²) in [5.74, 6) is -0.0104. The standard InChI is InChI=1S/C18H25FN2O3S/c1-21(16-7-10-25(23,24)12-16)11-17(22)20-13-18(8-2-9-18)14-3-5-15(19)6-4-14/h3-6,16H,2,7-13H2,1H3,(H,20,22). The zero-order chi connectivity index (χ0) is 18.1. The van der Waals surface area contributed by atoms with Gasteiger partial charge in [-0.05, 0) is 44.0 Å². The quantitative estimate of drug-likeness (QED) is 0.826. The van der Waals surface area contributed by atoms with Crippen LogP contribution in [0.1, 0.15) is 31.2 Å². The van der Waals surface area contributed by atoms with Crippen LogP contribution in [0.15, 0.2) is 24.3 Å². The maximum Gasteiger partial charge on any atom is 0.234 e. The lowest BCUT2D eigenvalue weighted by Crippen LogP contribution is -2.48. The fourth-order valence-corrected chi connectivity index (χ4v) is 5.58. The first-order valence-electron chi connectivity index (χ1n) is 8.73. The smallest absolute Gasteiger partial charge is 0.234 e. The van der Waals surface area contributed by atoms with Gasteiger partial charge < -0.3 is 5.32 Å². The summed E-state index contributed by atoms with van der Waals surface area (Å²) >= 11 is 0. The number of hydrogen-bond donors (Lipinski definition) is 1. The summed E-state index contributed by atoms with van der Waals surface area (Å²) < 4.78 is 36.3. The van der Waals surface area contributed by atoms with E-state index in [0.717, 1.165) is 24.8 Å². The van der Waals surface area contributed by atoms with E-state index in [9.17, 15) is 17.6 Å². The fourth-order valence-electron chi connectivity index (χ4n) is 3.78. The highest BCUT2D eigenvalue weighted by Gasteiger charge is 2.39. The second-order valence-electron chi connectivity index (χ2n) is 7.39. The van der Waals surface area contributed by atoms with Crippen LogP contribution in [-0.4, -0.2) is 56.9 Å². The van der Waals surface area contributed by atoms with Crippen molar-refractivity contribution in [2.24, 2.45) is 0 Å². The van der Waals surface area contributed by atoms with Crippen molar-refractivity contribution in [1.82, 2.24) is 10.2 Å². The molecule has 1 unspecified atom stereocenters. The highest BCUT2D eigenvalue weighted by molar-refractivity contribution is 7.91. The van der Waals surface area contributed by atoms with Gasteiger partial charge in [-0.1, -0.05) is 18.6 Å². The zero-order valence-corrected chi connectivity index (χ0v) is 15.3. The normalized spacial score (nSPS) is 24.0. The van der Waals surface area contributed by atoms with Gasteiger partial charge in [0, 0.05) is 18.0 Å². The van der Waals surface area contributed by atoms with Crippen molar-refractivity contribution in [3.05, 3.63) is 35.6 Å². The molecule has 1 atom stereocenters. The molecule has 0 bridgehead atoms. The summed E-state index contributed by atoms with van der Waals surface area (Å²) in [7, 11) is -1.15. The lowest BCUT2D eigenvalue weighted by molar-refractivity contribution is -0.122. The van der Waals surface area contributed by atoms with Crippen LogP contribution in [0.2, 0.25) is 0 Å². The lowest BCUT2D eigenvalue weighted by atomic mass is 9.64. The van der Waals surface area contributed by atoms with Gasteiger partial charge in [0.2, 0.25) is 5.91 Å². The maximum atomic E-state index is 13.1. The molecule has 1 amide bonds. The molecule has 1 N–H and O–H groups in total. The Labute approximate surface area is 148 Å². The molecule has 1 aromatic rings. The number of nitrogens with zero attached hydrogens (tertiary/aromatic N) is 1. The topological polar surface area (TPSA) is 66.5 Å². The first-order chi connectivity index (χ1) is 11.8. The van der Waals surface area contributed by atoms with Crippen LogP contribution in [0.5, 0.6) is 0 Å². The predicted octanol–water partition coefficient (Wildman–Crippen LogP) is 1.48. The summed E-state index contributed by atoms with van der Waals surface area (Å²) in [6.07, 6.45) is 3.66. The second-order valence-corrected chi connectivity index (χ2v) is 9.62. The minimum atomic E-state index is -2.95. The van der Waals surface area contributed by atoms with Gasteiger partial charge in [-0.3, -0.25) is 9.69 Å². The van der Waals surface area contributed by atoms with Crippen molar-refractivity contribution in [3.63, 3.8) is 0 Å². The molecule has 0 radical (unpaired) electrons. The summed E-state index contributed by atoms with van der Waals surface area (Å²) in [6, 6.07) is 6.45. The van der Waals surface area contributed by atoms with Crippen molar-refractivity contribution < 1.29 is 17.6 Å². The Morgan fingerprint density at radius 2 is 2.00 bits per heavy atom. The van der Waals surface area contributed by atoms with Crippen LogP contribution in [0.3, 0.4) is 0 Å². The Balaban J connectivity index is 1.53. The van der Waals surface area contributed by atoms with Crippen LogP contribution in [0, 0.1) is 5.82 Å². The molecule has 1 saturated heterocycles. The SMILES string of the molecule is CN(CC(=O)NCC1(c2ccc(F)cc2)CCC1)C1CCS(=O)(=O)C1. The number of halogens is 1. The number of carbonyl (C=O) groups excluding carboxylic acids is 1. The van der Waals surface area contributed by atoms with Crippen molar-refractivity contribution in [3.8, 4) is 0 Å². The number of rotatable bonds is 6. The predicted molar refractivity (Wildman–Crippen MR) is 94.6 cm³/mol. The van der Waals surface area contributed by atoms with Gasteiger partial charge >= 0.3 is 0 Å². The van der Waals surface area contributed by atoms with Gasteiger partial charge in [-0.15, -0.1) is 0 Å². The number of likely N-dealkylation sites (N-methyl/N-ethyl adjacent to an activating group) is 1. The molecular weight excluding hydrogens is 343 g/mol. The van der Waals surface area contributed by atoms with E-state index >= 15 is 0 Å². The van der Waals surface area contributed by atoms with Crippen molar-refractivity contribution in [1.29, 1.82) is 0 Å². The summed E-state index contributed by atoms with van der Waals surface area (Å²) in [5, 5.41) is 2.99. The van der Waals surface area contributed by atoms with Crippen LogP contribution in [0.25, 0.3) is 0 Å². The van der Waals surface area contributed by atoms with Crippen LogP contribution in [-0.2, 0) is 20.0 Å². The molecular formula is C18H25FN2O3S. The number of benzene rings is 1. The van der Waals surface area contributed by atoms with Gasteiger partial charge in [-0.25, -0.2) is 12.8 Å².